The number of hydrogen-bond donors (Lipinski definition) is 2. The first-order chi connectivity index (χ1) is 10.1. The summed E-state index contributed by atoms with van der Waals surface area (Å²) in [4.78, 5) is 26.2. The van der Waals surface area contributed by atoms with Crippen LogP contribution in [0.5, 0.6) is 0 Å². The Morgan fingerprint density at radius 2 is 2.27 bits per heavy atom. The molecule has 0 aromatic carbocycles. The molecule has 2 saturated heterocycles. The number of likely N-dealkylation sites (tertiary alicyclic amines) is 1. The van der Waals surface area contributed by atoms with Gasteiger partial charge in [-0.05, 0) is 45.2 Å². The average Bonchev–Trinajstić information content (AvgIpc) is 2.88. The highest BCUT2D eigenvalue weighted by atomic mass is 35.5. The van der Waals surface area contributed by atoms with Crippen LogP contribution in [0.2, 0.25) is 0 Å². The molecule has 2 N–H and O–H groups in total. The Morgan fingerprint density at radius 1 is 1.50 bits per heavy atom. The Balaban J connectivity index is 0.00000242. The standard InChI is InChI=1S/C16H29N3O2.ClH/c1-3-5-12(2)19-11-14(8-15(19)20)16(21)18-10-13-6-4-7-17-9-13;/h12-14,17H,3-11H2,1-2H3,(H,18,21);1H. The maximum absolute atomic E-state index is 12.2. The van der Waals surface area contributed by atoms with Gasteiger partial charge in [0.15, 0.2) is 0 Å². The topological polar surface area (TPSA) is 61.4 Å². The van der Waals surface area contributed by atoms with Crippen molar-refractivity contribution in [2.24, 2.45) is 11.8 Å². The molecule has 5 nitrogen and oxygen atoms in total. The number of nitrogens with zero attached hydrogens (tertiary/aromatic N) is 1. The lowest BCUT2D eigenvalue weighted by Gasteiger charge is -2.25. The second-order valence-corrected chi connectivity index (χ2v) is 6.54. The van der Waals surface area contributed by atoms with Gasteiger partial charge in [0.05, 0.1) is 5.92 Å². The molecule has 0 aromatic heterocycles. The number of carbonyl (C=O) groups excluding carboxylic acids is 2. The fourth-order valence-corrected chi connectivity index (χ4v) is 3.39. The zero-order chi connectivity index (χ0) is 15.2. The van der Waals surface area contributed by atoms with Gasteiger partial charge < -0.3 is 15.5 Å². The normalized spacial score (nSPS) is 26.5. The molecule has 0 bridgehead atoms. The predicted molar refractivity (Wildman–Crippen MR) is 90.0 cm³/mol. The van der Waals surface area contributed by atoms with Crippen LogP contribution in [0.3, 0.4) is 0 Å². The van der Waals surface area contributed by atoms with Crippen molar-refractivity contribution in [2.75, 3.05) is 26.2 Å². The number of amides is 2. The highest BCUT2D eigenvalue weighted by Gasteiger charge is 2.36. The number of rotatable bonds is 6. The van der Waals surface area contributed by atoms with Crippen molar-refractivity contribution in [3.8, 4) is 0 Å². The SMILES string of the molecule is CCCC(C)N1CC(C(=O)NCC2CCCNC2)CC1=O.Cl. The van der Waals surface area contributed by atoms with Gasteiger partial charge in [-0.3, -0.25) is 9.59 Å². The zero-order valence-electron chi connectivity index (χ0n) is 13.8. The van der Waals surface area contributed by atoms with E-state index in [2.05, 4.69) is 24.5 Å². The molecule has 2 aliphatic rings. The molecule has 2 rings (SSSR count). The summed E-state index contributed by atoms with van der Waals surface area (Å²) >= 11 is 0. The van der Waals surface area contributed by atoms with E-state index in [-0.39, 0.29) is 36.2 Å². The summed E-state index contributed by atoms with van der Waals surface area (Å²) < 4.78 is 0. The molecule has 2 amide bonds. The van der Waals surface area contributed by atoms with Crippen LogP contribution in [0.15, 0.2) is 0 Å². The van der Waals surface area contributed by atoms with Crippen molar-refractivity contribution in [2.45, 2.75) is 52.0 Å². The summed E-state index contributed by atoms with van der Waals surface area (Å²) in [5.41, 5.74) is 0. The first kappa shape index (κ1) is 19.2. The van der Waals surface area contributed by atoms with Crippen LogP contribution in [0.4, 0.5) is 0 Å². The van der Waals surface area contributed by atoms with E-state index in [4.69, 9.17) is 0 Å². The minimum atomic E-state index is -0.159. The second kappa shape index (κ2) is 9.36. The van der Waals surface area contributed by atoms with Gasteiger partial charge in [0.2, 0.25) is 11.8 Å². The highest BCUT2D eigenvalue weighted by Crippen LogP contribution is 2.22. The molecule has 128 valence electrons. The van der Waals surface area contributed by atoms with Crippen LogP contribution >= 0.6 is 12.4 Å². The highest BCUT2D eigenvalue weighted by molar-refractivity contribution is 5.89. The van der Waals surface area contributed by atoms with Crippen molar-refractivity contribution in [3.05, 3.63) is 0 Å². The molecule has 6 heteroatoms. The molecule has 22 heavy (non-hydrogen) atoms. The molecule has 0 radical (unpaired) electrons. The van der Waals surface area contributed by atoms with E-state index in [9.17, 15) is 9.59 Å². The third-order valence-electron chi connectivity index (χ3n) is 4.73. The number of piperidine rings is 1. The molecule has 0 spiro atoms. The summed E-state index contributed by atoms with van der Waals surface area (Å²) in [6.07, 6.45) is 4.81. The Bertz CT molecular complexity index is 372. The minimum Gasteiger partial charge on any atom is -0.355 e. The van der Waals surface area contributed by atoms with E-state index in [1.54, 1.807) is 0 Å². The van der Waals surface area contributed by atoms with Crippen molar-refractivity contribution >= 4 is 24.2 Å². The fourth-order valence-electron chi connectivity index (χ4n) is 3.39. The molecule has 2 heterocycles. The Kier molecular flexibility index (Phi) is 8.18. The number of hydrogen-bond acceptors (Lipinski definition) is 3. The average molecular weight is 332 g/mol. The Labute approximate surface area is 140 Å². The zero-order valence-corrected chi connectivity index (χ0v) is 14.6. The summed E-state index contributed by atoms with van der Waals surface area (Å²) in [5, 5.41) is 6.41. The molecule has 3 unspecified atom stereocenters. The van der Waals surface area contributed by atoms with Gasteiger partial charge in [-0.15, -0.1) is 12.4 Å². The molecule has 2 fully saturated rings. The quantitative estimate of drug-likeness (QED) is 0.776. The van der Waals surface area contributed by atoms with Gasteiger partial charge in [-0.2, -0.15) is 0 Å². The van der Waals surface area contributed by atoms with Crippen LogP contribution < -0.4 is 10.6 Å². The summed E-state index contributed by atoms with van der Waals surface area (Å²) in [6.45, 7) is 7.61. The Morgan fingerprint density at radius 3 is 2.91 bits per heavy atom. The molecular formula is C16H30ClN3O2. The van der Waals surface area contributed by atoms with E-state index in [1.165, 1.54) is 12.8 Å². The van der Waals surface area contributed by atoms with Crippen molar-refractivity contribution < 1.29 is 9.59 Å². The molecule has 0 saturated carbocycles. The van der Waals surface area contributed by atoms with Crippen LogP contribution in [0.25, 0.3) is 0 Å². The molecule has 0 aromatic rings. The van der Waals surface area contributed by atoms with Crippen LogP contribution in [-0.2, 0) is 9.59 Å². The summed E-state index contributed by atoms with van der Waals surface area (Å²) in [5.74, 6) is 0.568. The van der Waals surface area contributed by atoms with E-state index in [0.717, 1.165) is 32.5 Å². The van der Waals surface area contributed by atoms with Gasteiger partial charge in [0, 0.05) is 25.6 Å². The third-order valence-corrected chi connectivity index (χ3v) is 4.73. The fraction of sp³-hybridized carbons (Fsp3) is 0.875. The lowest BCUT2D eigenvalue weighted by molar-refractivity contribution is -0.130. The first-order valence-corrected chi connectivity index (χ1v) is 8.39. The van der Waals surface area contributed by atoms with E-state index >= 15 is 0 Å². The molecular weight excluding hydrogens is 302 g/mol. The Hall–Kier alpha value is -0.810. The van der Waals surface area contributed by atoms with Crippen molar-refractivity contribution in [3.63, 3.8) is 0 Å². The largest absolute Gasteiger partial charge is 0.355 e. The number of halogens is 1. The second-order valence-electron chi connectivity index (χ2n) is 6.54. The van der Waals surface area contributed by atoms with Gasteiger partial charge in [0.1, 0.15) is 0 Å². The smallest absolute Gasteiger partial charge is 0.225 e. The van der Waals surface area contributed by atoms with E-state index in [0.29, 0.717) is 18.9 Å². The van der Waals surface area contributed by atoms with Crippen LogP contribution in [0.1, 0.15) is 46.0 Å². The van der Waals surface area contributed by atoms with Gasteiger partial charge in [-0.25, -0.2) is 0 Å². The summed E-state index contributed by atoms with van der Waals surface area (Å²) in [6, 6.07) is 0.253. The van der Waals surface area contributed by atoms with E-state index in [1.807, 2.05) is 4.90 Å². The maximum Gasteiger partial charge on any atom is 0.225 e. The number of nitrogens with one attached hydrogen (secondary N) is 2. The third kappa shape index (κ3) is 5.13. The minimum absolute atomic E-state index is 0. The molecule has 3 atom stereocenters. The van der Waals surface area contributed by atoms with Crippen molar-refractivity contribution in [1.29, 1.82) is 0 Å². The van der Waals surface area contributed by atoms with Gasteiger partial charge in [0.25, 0.3) is 0 Å². The first-order valence-electron chi connectivity index (χ1n) is 8.39. The lowest BCUT2D eigenvalue weighted by atomic mass is 9.99. The number of carbonyl (C=O) groups is 2. The van der Waals surface area contributed by atoms with E-state index < -0.39 is 0 Å². The van der Waals surface area contributed by atoms with Crippen molar-refractivity contribution in [1.82, 2.24) is 15.5 Å². The summed E-state index contributed by atoms with van der Waals surface area (Å²) in [7, 11) is 0. The maximum atomic E-state index is 12.2. The van der Waals surface area contributed by atoms with Crippen LogP contribution in [0, 0.1) is 11.8 Å². The lowest BCUT2D eigenvalue weighted by Crippen LogP contribution is -2.41. The molecule has 2 aliphatic heterocycles. The predicted octanol–water partition coefficient (Wildman–Crippen LogP) is 1.56. The van der Waals surface area contributed by atoms with Gasteiger partial charge >= 0.3 is 0 Å². The molecule has 0 aliphatic carbocycles. The van der Waals surface area contributed by atoms with Gasteiger partial charge in [-0.1, -0.05) is 13.3 Å². The monoisotopic (exact) mass is 331 g/mol. The van der Waals surface area contributed by atoms with Crippen LogP contribution in [-0.4, -0.2) is 48.9 Å².